The third-order valence-electron chi connectivity index (χ3n) is 4.98. The molecule has 1 N–H and O–H groups in total. The summed E-state index contributed by atoms with van der Waals surface area (Å²) in [5, 5.41) is 13.9. The number of nitrogens with zero attached hydrogens (tertiary/aromatic N) is 2. The van der Waals surface area contributed by atoms with Crippen LogP contribution in [0.1, 0.15) is 34.3 Å². The molecule has 146 valence electrons. The normalized spacial score (nSPS) is 14.5. The van der Waals surface area contributed by atoms with E-state index in [0.29, 0.717) is 25.1 Å². The van der Waals surface area contributed by atoms with Crippen LogP contribution in [0.25, 0.3) is 0 Å². The second-order valence-corrected chi connectivity index (χ2v) is 7.00. The number of nitro groups is 1. The van der Waals surface area contributed by atoms with E-state index in [1.807, 2.05) is 30.3 Å². The van der Waals surface area contributed by atoms with Crippen LogP contribution in [0.4, 0.5) is 5.69 Å². The lowest BCUT2D eigenvalue weighted by Crippen LogP contribution is -2.49. The van der Waals surface area contributed by atoms with Gasteiger partial charge in [-0.3, -0.25) is 19.7 Å². The van der Waals surface area contributed by atoms with Crippen LogP contribution in [0.2, 0.25) is 0 Å². The Kier molecular flexibility index (Phi) is 6.03. The Morgan fingerprint density at radius 2 is 1.82 bits per heavy atom. The van der Waals surface area contributed by atoms with Gasteiger partial charge in [-0.15, -0.1) is 0 Å². The predicted molar refractivity (Wildman–Crippen MR) is 105 cm³/mol. The van der Waals surface area contributed by atoms with E-state index in [0.717, 1.165) is 18.4 Å². The predicted octanol–water partition coefficient (Wildman–Crippen LogP) is 2.87. The van der Waals surface area contributed by atoms with Gasteiger partial charge >= 0.3 is 0 Å². The summed E-state index contributed by atoms with van der Waals surface area (Å²) in [6.07, 6.45) is 2.29. The summed E-state index contributed by atoms with van der Waals surface area (Å²) >= 11 is 0. The summed E-state index contributed by atoms with van der Waals surface area (Å²) in [6, 6.07) is 12.9. The number of rotatable bonds is 6. The molecular formula is C21H23N3O4. The molecule has 0 bridgehead atoms. The number of nitrogens with one attached hydrogen (secondary N) is 1. The molecule has 0 saturated carbocycles. The lowest BCUT2D eigenvalue weighted by atomic mass is 10.0. The van der Waals surface area contributed by atoms with Crippen molar-refractivity contribution in [2.75, 3.05) is 13.1 Å². The van der Waals surface area contributed by atoms with Gasteiger partial charge in [0.25, 0.3) is 11.6 Å². The first-order valence-electron chi connectivity index (χ1n) is 9.34. The highest BCUT2D eigenvalue weighted by Crippen LogP contribution is 2.18. The van der Waals surface area contributed by atoms with E-state index in [2.05, 4.69) is 5.32 Å². The quantitative estimate of drug-likeness (QED) is 0.615. The van der Waals surface area contributed by atoms with E-state index in [1.54, 1.807) is 17.9 Å². The third-order valence-corrected chi connectivity index (χ3v) is 4.98. The molecule has 2 aromatic rings. The number of amides is 2. The van der Waals surface area contributed by atoms with Gasteiger partial charge in [0, 0.05) is 37.2 Å². The van der Waals surface area contributed by atoms with Crippen molar-refractivity contribution in [1.29, 1.82) is 0 Å². The summed E-state index contributed by atoms with van der Waals surface area (Å²) in [6.45, 7) is 3.10. The highest BCUT2D eigenvalue weighted by atomic mass is 16.6. The van der Waals surface area contributed by atoms with Crippen molar-refractivity contribution in [3.8, 4) is 0 Å². The van der Waals surface area contributed by atoms with E-state index in [4.69, 9.17) is 0 Å². The largest absolute Gasteiger partial charge is 0.341 e. The van der Waals surface area contributed by atoms with Crippen LogP contribution in [0.15, 0.2) is 48.5 Å². The zero-order valence-corrected chi connectivity index (χ0v) is 15.8. The number of non-ortho nitro benzene ring substituents is 1. The van der Waals surface area contributed by atoms with Gasteiger partial charge in [0.05, 0.1) is 4.92 Å². The van der Waals surface area contributed by atoms with Gasteiger partial charge in [-0.2, -0.15) is 0 Å². The maximum Gasteiger partial charge on any atom is 0.270 e. The van der Waals surface area contributed by atoms with Crippen LogP contribution in [-0.4, -0.2) is 40.8 Å². The summed E-state index contributed by atoms with van der Waals surface area (Å²) < 4.78 is 0. The van der Waals surface area contributed by atoms with E-state index in [1.165, 1.54) is 12.1 Å². The molecule has 7 nitrogen and oxygen atoms in total. The number of hydrogen-bond acceptors (Lipinski definition) is 4. The second-order valence-electron chi connectivity index (χ2n) is 7.00. The summed E-state index contributed by atoms with van der Waals surface area (Å²) in [5.41, 5.74) is 1.62. The molecule has 1 heterocycles. The molecule has 1 fully saturated rings. The van der Waals surface area contributed by atoms with Crippen LogP contribution >= 0.6 is 0 Å². The zero-order valence-electron chi connectivity index (χ0n) is 15.8. The summed E-state index contributed by atoms with van der Waals surface area (Å²) in [7, 11) is 0. The first-order valence-corrected chi connectivity index (χ1v) is 9.34. The van der Waals surface area contributed by atoms with Crippen LogP contribution < -0.4 is 5.32 Å². The summed E-state index contributed by atoms with van der Waals surface area (Å²) in [4.78, 5) is 38.1. The van der Waals surface area contributed by atoms with E-state index in [9.17, 15) is 19.7 Å². The minimum absolute atomic E-state index is 0.113. The fourth-order valence-electron chi connectivity index (χ4n) is 3.41. The lowest BCUT2D eigenvalue weighted by molar-refractivity contribution is -0.384. The SMILES string of the molecule is Cc1ccc([N+](=O)[O-])cc1C(=O)NC(Cc1ccccc1)C(=O)N1CCCC1. The van der Waals surface area contributed by atoms with E-state index < -0.39 is 16.9 Å². The Balaban J connectivity index is 1.84. The Labute approximate surface area is 163 Å². The lowest BCUT2D eigenvalue weighted by Gasteiger charge is -2.24. The molecule has 3 rings (SSSR count). The molecule has 28 heavy (non-hydrogen) atoms. The van der Waals surface area contributed by atoms with Gasteiger partial charge in [0.15, 0.2) is 0 Å². The highest BCUT2D eigenvalue weighted by molar-refractivity contribution is 5.99. The van der Waals surface area contributed by atoms with Gasteiger partial charge in [-0.25, -0.2) is 0 Å². The zero-order chi connectivity index (χ0) is 20.1. The first kappa shape index (κ1) is 19.5. The van der Waals surface area contributed by atoms with Crippen molar-refractivity contribution in [2.24, 2.45) is 0 Å². The number of nitro benzene ring substituents is 1. The minimum atomic E-state index is -0.716. The Hall–Kier alpha value is -3.22. The maximum atomic E-state index is 13.0. The number of benzene rings is 2. The molecule has 0 aliphatic carbocycles. The molecule has 2 aromatic carbocycles. The third kappa shape index (κ3) is 4.54. The smallest absolute Gasteiger partial charge is 0.270 e. The fourth-order valence-corrected chi connectivity index (χ4v) is 3.41. The van der Waals surface area contributed by atoms with Crippen molar-refractivity contribution >= 4 is 17.5 Å². The molecule has 1 aliphatic heterocycles. The molecule has 0 radical (unpaired) electrons. The molecule has 1 aliphatic rings. The standard InChI is InChI=1S/C21H23N3O4/c1-15-9-10-17(24(27)28)14-18(15)20(25)22-19(13-16-7-3-2-4-8-16)21(26)23-11-5-6-12-23/h2-4,7-10,14,19H,5-6,11-13H2,1H3,(H,22,25). The van der Waals surface area contributed by atoms with Crippen LogP contribution in [0, 0.1) is 17.0 Å². The van der Waals surface area contributed by atoms with Gasteiger partial charge in [-0.05, 0) is 30.9 Å². The topological polar surface area (TPSA) is 92.5 Å². The molecular weight excluding hydrogens is 358 g/mol. The highest BCUT2D eigenvalue weighted by Gasteiger charge is 2.29. The molecule has 0 aromatic heterocycles. The maximum absolute atomic E-state index is 13.0. The van der Waals surface area contributed by atoms with Crippen molar-refractivity contribution in [3.05, 3.63) is 75.3 Å². The van der Waals surface area contributed by atoms with Gasteiger partial charge in [0.1, 0.15) is 6.04 Å². The first-order chi connectivity index (χ1) is 13.5. The Bertz CT molecular complexity index is 876. The van der Waals surface area contributed by atoms with Gasteiger partial charge in [-0.1, -0.05) is 36.4 Å². The number of aryl methyl sites for hydroxylation is 1. The molecule has 0 spiro atoms. The average Bonchev–Trinajstić information content (AvgIpc) is 3.22. The average molecular weight is 381 g/mol. The van der Waals surface area contributed by atoms with Gasteiger partial charge in [0.2, 0.25) is 5.91 Å². The van der Waals surface area contributed by atoms with Crippen molar-refractivity contribution in [1.82, 2.24) is 10.2 Å². The van der Waals surface area contributed by atoms with E-state index >= 15 is 0 Å². The molecule has 1 saturated heterocycles. The fraction of sp³-hybridized carbons (Fsp3) is 0.333. The molecule has 1 atom stereocenters. The Morgan fingerprint density at radius 1 is 1.14 bits per heavy atom. The minimum Gasteiger partial charge on any atom is -0.341 e. The van der Waals surface area contributed by atoms with Gasteiger partial charge < -0.3 is 10.2 Å². The van der Waals surface area contributed by atoms with Crippen LogP contribution in [0.5, 0.6) is 0 Å². The monoisotopic (exact) mass is 381 g/mol. The molecule has 1 unspecified atom stereocenters. The van der Waals surface area contributed by atoms with Crippen molar-refractivity contribution < 1.29 is 14.5 Å². The number of hydrogen-bond donors (Lipinski definition) is 1. The molecule has 2 amide bonds. The van der Waals surface area contributed by atoms with Crippen molar-refractivity contribution in [2.45, 2.75) is 32.2 Å². The number of likely N-dealkylation sites (tertiary alicyclic amines) is 1. The second kappa shape index (κ2) is 8.65. The molecule has 7 heteroatoms. The van der Waals surface area contributed by atoms with Crippen LogP contribution in [-0.2, 0) is 11.2 Å². The van der Waals surface area contributed by atoms with Crippen LogP contribution in [0.3, 0.4) is 0 Å². The number of carbonyl (C=O) groups excluding carboxylic acids is 2. The summed E-state index contributed by atoms with van der Waals surface area (Å²) in [5.74, 6) is -0.590. The number of carbonyl (C=O) groups is 2. The van der Waals surface area contributed by atoms with E-state index in [-0.39, 0.29) is 17.2 Å². The van der Waals surface area contributed by atoms with Crippen molar-refractivity contribution in [3.63, 3.8) is 0 Å². The Morgan fingerprint density at radius 3 is 2.46 bits per heavy atom.